The summed E-state index contributed by atoms with van der Waals surface area (Å²) in [7, 11) is 1.95. The van der Waals surface area contributed by atoms with Gasteiger partial charge in [0.15, 0.2) is 0 Å². The van der Waals surface area contributed by atoms with Crippen LogP contribution in [0.3, 0.4) is 0 Å². The summed E-state index contributed by atoms with van der Waals surface area (Å²) in [5, 5.41) is 11.3. The van der Waals surface area contributed by atoms with Gasteiger partial charge in [0.1, 0.15) is 18.1 Å². The third-order valence-corrected chi connectivity index (χ3v) is 3.69. The summed E-state index contributed by atoms with van der Waals surface area (Å²) in [4.78, 5) is 0. The fourth-order valence-corrected chi connectivity index (χ4v) is 2.44. The molecule has 1 aromatic heterocycles. The number of halogens is 1. The number of nitrogens with zero attached hydrogens (tertiary/aromatic N) is 1. The van der Waals surface area contributed by atoms with E-state index >= 15 is 0 Å². The van der Waals surface area contributed by atoms with E-state index in [0.29, 0.717) is 17.4 Å². The third-order valence-electron chi connectivity index (χ3n) is 3.38. The Morgan fingerprint density at radius 1 is 1.15 bits per heavy atom. The number of fused-ring (bicyclic) bond motifs is 1. The largest absolute Gasteiger partial charge is 0.507 e. The molecule has 0 radical (unpaired) electrons. The summed E-state index contributed by atoms with van der Waals surface area (Å²) in [5.41, 5.74) is 1.95. The SMILES string of the molecule is Cn1c(COc2ccccc2Cl)cc2c(O)cccc21. The Morgan fingerprint density at radius 3 is 2.70 bits per heavy atom. The van der Waals surface area contributed by atoms with Crippen LogP contribution in [-0.4, -0.2) is 9.67 Å². The molecule has 3 nitrogen and oxygen atoms in total. The molecular weight excluding hydrogens is 274 g/mol. The van der Waals surface area contributed by atoms with Crippen LogP contribution in [0.1, 0.15) is 5.69 Å². The van der Waals surface area contributed by atoms with Gasteiger partial charge in [0.25, 0.3) is 0 Å². The van der Waals surface area contributed by atoms with Gasteiger partial charge < -0.3 is 14.4 Å². The lowest BCUT2D eigenvalue weighted by molar-refractivity contribution is 0.298. The number of phenols is 1. The van der Waals surface area contributed by atoms with E-state index in [0.717, 1.165) is 16.6 Å². The summed E-state index contributed by atoms with van der Waals surface area (Å²) in [5.74, 6) is 0.936. The highest BCUT2D eigenvalue weighted by molar-refractivity contribution is 6.32. The molecule has 0 unspecified atom stereocenters. The molecule has 1 heterocycles. The summed E-state index contributed by atoms with van der Waals surface area (Å²) in [6.45, 7) is 0.397. The van der Waals surface area contributed by atoms with Crippen LogP contribution in [-0.2, 0) is 13.7 Å². The molecule has 4 heteroatoms. The number of aryl methyl sites for hydroxylation is 1. The van der Waals surface area contributed by atoms with Crippen LogP contribution in [0.5, 0.6) is 11.5 Å². The minimum atomic E-state index is 0.280. The molecule has 3 aromatic rings. The van der Waals surface area contributed by atoms with Gasteiger partial charge >= 0.3 is 0 Å². The first-order valence-electron chi connectivity index (χ1n) is 6.30. The first-order valence-corrected chi connectivity index (χ1v) is 6.68. The van der Waals surface area contributed by atoms with Crippen molar-refractivity contribution in [2.24, 2.45) is 7.05 Å². The summed E-state index contributed by atoms with van der Waals surface area (Å²) in [6.07, 6.45) is 0. The Labute approximate surface area is 122 Å². The zero-order valence-corrected chi connectivity index (χ0v) is 11.8. The monoisotopic (exact) mass is 287 g/mol. The maximum absolute atomic E-state index is 9.86. The molecule has 1 N–H and O–H groups in total. The quantitative estimate of drug-likeness (QED) is 0.786. The molecule has 102 valence electrons. The van der Waals surface area contributed by atoms with Crippen molar-refractivity contribution in [3.8, 4) is 11.5 Å². The van der Waals surface area contributed by atoms with Crippen LogP contribution in [0, 0.1) is 0 Å². The number of hydrogen-bond donors (Lipinski definition) is 1. The van der Waals surface area contributed by atoms with E-state index in [-0.39, 0.29) is 5.75 Å². The smallest absolute Gasteiger partial charge is 0.138 e. The Morgan fingerprint density at radius 2 is 1.95 bits per heavy atom. The highest BCUT2D eigenvalue weighted by Gasteiger charge is 2.09. The van der Waals surface area contributed by atoms with Crippen molar-refractivity contribution in [2.45, 2.75) is 6.61 Å². The molecule has 0 aliphatic heterocycles. The molecule has 2 aromatic carbocycles. The predicted molar refractivity (Wildman–Crippen MR) is 80.4 cm³/mol. The van der Waals surface area contributed by atoms with Crippen LogP contribution in [0.4, 0.5) is 0 Å². The van der Waals surface area contributed by atoms with Crippen LogP contribution in [0.25, 0.3) is 10.9 Å². The summed E-state index contributed by atoms with van der Waals surface area (Å²) in [6, 6.07) is 14.8. The molecule has 0 spiro atoms. The molecule has 0 atom stereocenters. The first kappa shape index (κ1) is 12.9. The van der Waals surface area contributed by atoms with Crippen molar-refractivity contribution >= 4 is 22.5 Å². The minimum absolute atomic E-state index is 0.280. The number of ether oxygens (including phenoxy) is 1. The normalized spacial score (nSPS) is 10.9. The van der Waals surface area contributed by atoms with Crippen molar-refractivity contribution in [3.63, 3.8) is 0 Å². The van der Waals surface area contributed by atoms with Gasteiger partial charge in [-0.2, -0.15) is 0 Å². The average Bonchev–Trinajstić information content (AvgIpc) is 2.77. The van der Waals surface area contributed by atoms with E-state index < -0.39 is 0 Å². The Balaban J connectivity index is 1.90. The lowest BCUT2D eigenvalue weighted by atomic mass is 10.2. The van der Waals surface area contributed by atoms with E-state index in [1.165, 1.54) is 0 Å². The number of aromatic hydroxyl groups is 1. The number of benzene rings is 2. The van der Waals surface area contributed by atoms with Gasteiger partial charge in [0, 0.05) is 12.4 Å². The number of phenolic OH excluding ortho intramolecular Hbond substituents is 1. The molecule has 0 fully saturated rings. The number of para-hydroxylation sites is 1. The number of rotatable bonds is 3. The number of hydrogen-bond acceptors (Lipinski definition) is 2. The van der Waals surface area contributed by atoms with Gasteiger partial charge in [-0.05, 0) is 30.3 Å². The first-order chi connectivity index (χ1) is 9.66. The van der Waals surface area contributed by atoms with Crippen molar-refractivity contribution in [3.05, 3.63) is 59.2 Å². The van der Waals surface area contributed by atoms with E-state index in [4.69, 9.17) is 16.3 Å². The lowest BCUT2D eigenvalue weighted by Gasteiger charge is -2.08. The van der Waals surface area contributed by atoms with Gasteiger partial charge in [0.05, 0.1) is 16.2 Å². The standard InChI is InChI=1S/C16H14ClNO2/c1-18-11(9-12-14(18)6-4-7-15(12)19)10-20-16-8-3-2-5-13(16)17/h2-9,19H,10H2,1H3. The third kappa shape index (κ3) is 2.21. The van der Waals surface area contributed by atoms with Gasteiger partial charge in [0.2, 0.25) is 0 Å². The van der Waals surface area contributed by atoms with E-state index in [1.54, 1.807) is 12.1 Å². The fraction of sp³-hybridized carbons (Fsp3) is 0.125. The van der Waals surface area contributed by atoms with E-state index in [2.05, 4.69) is 0 Å². The molecular formula is C16H14ClNO2. The lowest BCUT2D eigenvalue weighted by Crippen LogP contribution is -2.01. The second kappa shape index (κ2) is 5.10. The Kier molecular flexibility index (Phi) is 3.28. The van der Waals surface area contributed by atoms with E-state index in [1.807, 2.05) is 48.0 Å². The van der Waals surface area contributed by atoms with E-state index in [9.17, 15) is 5.11 Å². The number of aromatic nitrogens is 1. The molecule has 0 saturated carbocycles. The van der Waals surface area contributed by atoms with Crippen molar-refractivity contribution in [1.82, 2.24) is 4.57 Å². The minimum Gasteiger partial charge on any atom is -0.507 e. The van der Waals surface area contributed by atoms with Crippen molar-refractivity contribution in [2.75, 3.05) is 0 Å². The molecule has 0 aliphatic rings. The van der Waals surface area contributed by atoms with Crippen LogP contribution < -0.4 is 4.74 Å². The highest BCUT2D eigenvalue weighted by atomic mass is 35.5. The van der Waals surface area contributed by atoms with Gasteiger partial charge in [-0.15, -0.1) is 0 Å². The maximum Gasteiger partial charge on any atom is 0.138 e. The van der Waals surface area contributed by atoms with Gasteiger partial charge in [-0.25, -0.2) is 0 Å². The Bertz CT molecular complexity index is 764. The van der Waals surface area contributed by atoms with Crippen LogP contribution in [0.2, 0.25) is 5.02 Å². The van der Waals surface area contributed by atoms with Crippen LogP contribution in [0.15, 0.2) is 48.5 Å². The summed E-state index contributed by atoms with van der Waals surface area (Å²) >= 11 is 6.06. The summed E-state index contributed by atoms with van der Waals surface area (Å²) < 4.78 is 7.74. The van der Waals surface area contributed by atoms with Gasteiger partial charge in [-0.3, -0.25) is 0 Å². The second-order valence-electron chi connectivity index (χ2n) is 4.62. The van der Waals surface area contributed by atoms with Crippen molar-refractivity contribution in [1.29, 1.82) is 0 Å². The molecule has 0 amide bonds. The topological polar surface area (TPSA) is 34.4 Å². The average molecular weight is 288 g/mol. The second-order valence-corrected chi connectivity index (χ2v) is 5.03. The predicted octanol–water partition coefficient (Wildman–Crippen LogP) is 4.12. The highest BCUT2D eigenvalue weighted by Crippen LogP contribution is 2.29. The zero-order chi connectivity index (χ0) is 14.1. The van der Waals surface area contributed by atoms with Crippen molar-refractivity contribution < 1.29 is 9.84 Å². The van der Waals surface area contributed by atoms with Crippen LogP contribution >= 0.6 is 11.6 Å². The fourth-order valence-electron chi connectivity index (χ4n) is 2.25. The van der Waals surface area contributed by atoms with Gasteiger partial charge in [-0.1, -0.05) is 29.8 Å². The molecule has 0 aliphatic carbocycles. The molecule has 0 saturated heterocycles. The molecule has 0 bridgehead atoms. The maximum atomic E-state index is 9.86. The molecule has 3 rings (SSSR count). The zero-order valence-electron chi connectivity index (χ0n) is 11.0. The Hall–Kier alpha value is -2.13. The molecule has 20 heavy (non-hydrogen) atoms.